The first-order valence-electron chi connectivity index (χ1n) is 3.77. The molecule has 0 saturated carbocycles. The van der Waals surface area contributed by atoms with E-state index in [2.05, 4.69) is 5.32 Å². The van der Waals surface area contributed by atoms with E-state index in [9.17, 15) is 4.79 Å². The van der Waals surface area contributed by atoms with Gasteiger partial charge < -0.3 is 15.2 Å². The number of hydrogen-bond acceptors (Lipinski definition) is 3. The largest absolute Gasteiger partial charge is 0.481 e. The standard InChI is InChI=1S/C7H13NO3.ClH/c1-5(7(9)10)6-4-8-2-3-11-6;/h5-6,8H,2-4H2,1H3,(H,9,10);1H. The summed E-state index contributed by atoms with van der Waals surface area (Å²) >= 11 is 0. The van der Waals surface area contributed by atoms with Crippen molar-refractivity contribution in [2.45, 2.75) is 13.0 Å². The third-order valence-corrected chi connectivity index (χ3v) is 1.90. The molecule has 0 amide bonds. The predicted octanol–water partition coefficient (Wildman–Crippen LogP) is 0.117. The van der Waals surface area contributed by atoms with Crippen LogP contribution < -0.4 is 5.32 Å². The predicted molar refractivity (Wildman–Crippen MR) is 46.7 cm³/mol. The van der Waals surface area contributed by atoms with Crippen molar-refractivity contribution < 1.29 is 14.6 Å². The van der Waals surface area contributed by atoms with Crippen molar-refractivity contribution in [1.82, 2.24) is 5.32 Å². The number of ether oxygens (including phenoxy) is 1. The fourth-order valence-corrected chi connectivity index (χ4v) is 1.07. The molecule has 1 heterocycles. The van der Waals surface area contributed by atoms with Gasteiger partial charge in [0, 0.05) is 13.1 Å². The maximum absolute atomic E-state index is 10.5. The van der Waals surface area contributed by atoms with Crippen LogP contribution in [0, 0.1) is 5.92 Å². The highest BCUT2D eigenvalue weighted by Crippen LogP contribution is 2.08. The van der Waals surface area contributed by atoms with Gasteiger partial charge in [0.1, 0.15) is 0 Å². The molecule has 0 spiro atoms. The lowest BCUT2D eigenvalue weighted by molar-refractivity contribution is -0.147. The minimum absolute atomic E-state index is 0. The Kier molecular flexibility index (Phi) is 5.20. The highest BCUT2D eigenvalue weighted by atomic mass is 35.5. The number of rotatable bonds is 2. The fraction of sp³-hybridized carbons (Fsp3) is 0.857. The van der Waals surface area contributed by atoms with E-state index in [0.717, 1.165) is 6.54 Å². The van der Waals surface area contributed by atoms with Crippen LogP contribution in [0.4, 0.5) is 0 Å². The molecular weight excluding hydrogens is 182 g/mol. The van der Waals surface area contributed by atoms with Gasteiger partial charge in [0.2, 0.25) is 0 Å². The minimum atomic E-state index is -0.793. The number of nitrogens with one attached hydrogen (secondary N) is 1. The molecule has 0 bridgehead atoms. The first-order chi connectivity index (χ1) is 5.22. The highest BCUT2D eigenvalue weighted by molar-refractivity contribution is 5.85. The monoisotopic (exact) mass is 195 g/mol. The molecule has 1 fully saturated rings. The third-order valence-electron chi connectivity index (χ3n) is 1.90. The highest BCUT2D eigenvalue weighted by Gasteiger charge is 2.25. The van der Waals surface area contributed by atoms with Crippen LogP contribution in [0.2, 0.25) is 0 Å². The number of carbonyl (C=O) groups is 1. The van der Waals surface area contributed by atoms with Crippen LogP contribution >= 0.6 is 12.4 Å². The van der Waals surface area contributed by atoms with E-state index in [1.54, 1.807) is 6.92 Å². The van der Waals surface area contributed by atoms with Crippen LogP contribution in [0.1, 0.15) is 6.92 Å². The van der Waals surface area contributed by atoms with Crippen LogP contribution in [0.3, 0.4) is 0 Å². The van der Waals surface area contributed by atoms with Gasteiger partial charge in [-0.2, -0.15) is 0 Å². The third kappa shape index (κ3) is 2.97. The molecule has 2 N–H and O–H groups in total. The van der Waals surface area contributed by atoms with Crippen molar-refractivity contribution in [3.63, 3.8) is 0 Å². The van der Waals surface area contributed by atoms with Crippen molar-refractivity contribution in [2.24, 2.45) is 5.92 Å². The van der Waals surface area contributed by atoms with Gasteiger partial charge in [-0.25, -0.2) is 0 Å². The SMILES string of the molecule is CC(C(=O)O)C1CNCCO1.Cl. The van der Waals surface area contributed by atoms with Crippen molar-refractivity contribution in [3.8, 4) is 0 Å². The topological polar surface area (TPSA) is 58.6 Å². The molecule has 0 aliphatic carbocycles. The number of halogens is 1. The zero-order chi connectivity index (χ0) is 8.27. The summed E-state index contributed by atoms with van der Waals surface area (Å²) in [4.78, 5) is 10.5. The summed E-state index contributed by atoms with van der Waals surface area (Å²) in [6.45, 7) is 3.75. The summed E-state index contributed by atoms with van der Waals surface area (Å²) in [7, 11) is 0. The molecule has 1 rings (SSSR count). The van der Waals surface area contributed by atoms with E-state index in [1.807, 2.05) is 0 Å². The van der Waals surface area contributed by atoms with E-state index in [-0.39, 0.29) is 18.5 Å². The maximum atomic E-state index is 10.5. The van der Waals surface area contributed by atoms with Gasteiger partial charge in [-0.15, -0.1) is 12.4 Å². The fourth-order valence-electron chi connectivity index (χ4n) is 1.07. The molecule has 1 aliphatic rings. The van der Waals surface area contributed by atoms with Crippen LogP contribution in [-0.4, -0.2) is 36.9 Å². The molecule has 4 nitrogen and oxygen atoms in total. The smallest absolute Gasteiger partial charge is 0.308 e. The summed E-state index contributed by atoms with van der Waals surface area (Å²) in [5.41, 5.74) is 0. The van der Waals surface area contributed by atoms with Crippen molar-refractivity contribution in [2.75, 3.05) is 19.7 Å². The van der Waals surface area contributed by atoms with E-state index >= 15 is 0 Å². The molecule has 0 radical (unpaired) electrons. The normalized spacial score (nSPS) is 25.6. The zero-order valence-electron chi connectivity index (χ0n) is 6.95. The Labute approximate surface area is 77.7 Å². The molecule has 0 aromatic heterocycles. The summed E-state index contributed by atoms with van der Waals surface area (Å²) < 4.78 is 5.26. The average Bonchev–Trinajstić information content (AvgIpc) is 2.05. The molecule has 2 atom stereocenters. The van der Waals surface area contributed by atoms with Gasteiger partial charge in [0.05, 0.1) is 18.6 Å². The van der Waals surface area contributed by atoms with Crippen LogP contribution in [0.5, 0.6) is 0 Å². The van der Waals surface area contributed by atoms with Crippen LogP contribution in [-0.2, 0) is 9.53 Å². The summed E-state index contributed by atoms with van der Waals surface area (Å²) in [5, 5.41) is 11.7. The molecule has 1 aliphatic heterocycles. The Morgan fingerprint density at radius 2 is 2.42 bits per heavy atom. The molecule has 0 aromatic carbocycles. The number of morpholine rings is 1. The van der Waals surface area contributed by atoms with Crippen molar-refractivity contribution in [3.05, 3.63) is 0 Å². The first kappa shape index (κ1) is 11.7. The van der Waals surface area contributed by atoms with E-state index in [4.69, 9.17) is 9.84 Å². The second-order valence-electron chi connectivity index (χ2n) is 2.74. The summed E-state index contributed by atoms with van der Waals surface area (Å²) in [6.07, 6.45) is -0.166. The lowest BCUT2D eigenvalue weighted by Gasteiger charge is -2.26. The zero-order valence-corrected chi connectivity index (χ0v) is 7.76. The Morgan fingerprint density at radius 3 is 2.83 bits per heavy atom. The van der Waals surface area contributed by atoms with Gasteiger partial charge in [-0.3, -0.25) is 4.79 Å². The lowest BCUT2D eigenvalue weighted by Crippen LogP contribution is -2.44. The summed E-state index contributed by atoms with van der Waals surface area (Å²) in [6, 6.07) is 0. The van der Waals surface area contributed by atoms with Crippen LogP contribution in [0.25, 0.3) is 0 Å². The maximum Gasteiger partial charge on any atom is 0.308 e. The van der Waals surface area contributed by atoms with Gasteiger partial charge in [-0.05, 0) is 6.92 Å². The summed E-state index contributed by atoms with van der Waals surface area (Å²) in [5.74, 6) is -1.21. The molecule has 0 aromatic rings. The number of carboxylic acids is 1. The second-order valence-corrected chi connectivity index (χ2v) is 2.74. The van der Waals surface area contributed by atoms with Crippen molar-refractivity contribution >= 4 is 18.4 Å². The van der Waals surface area contributed by atoms with E-state index < -0.39 is 11.9 Å². The van der Waals surface area contributed by atoms with Crippen LogP contribution in [0.15, 0.2) is 0 Å². The van der Waals surface area contributed by atoms with E-state index in [0.29, 0.717) is 13.2 Å². The number of hydrogen-bond donors (Lipinski definition) is 2. The van der Waals surface area contributed by atoms with Gasteiger partial charge >= 0.3 is 5.97 Å². The lowest BCUT2D eigenvalue weighted by atomic mass is 10.0. The van der Waals surface area contributed by atoms with Gasteiger partial charge in [0.15, 0.2) is 0 Å². The quantitative estimate of drug-likeness (QED) is 0.657. The Morgan fingerprint density at radius 1 is 1.75 bits per heavy atom. The number of carboxylic acid groups (broad SMARTS) is 1. The van der Waals surface area contributed by atoms with Gasteiger partial charge in [-0.1, -0.05) is 0 Å². The minimum Gasteiger partial charge on any atom is -0.481 e. The molecular formula is C7H14ClNO3. The molecule has 72 valence electrons. The van der Waals surface area contributed by atoms with Crippen molar-refractivity contribution in [1.29, 1.82) is 0 Å². The average molecular weight is 196 g/mol. The van der Waals surface area contributed by atoms with Gasteiger partial charge in [0.25, 0.3) is 0 Å². The molecule has 1 saturated heterocycles. The molecule has 12 heavy (non-hydrogen) atoms. The van der Waals surface area contributed by atoms with E-state index in [1.165, 1.54) is 0 Å². The Balaban J connectivity index is 0.00000121. The first-order valence-corrected chi connectivity index (χ1v) is 3.77. The Hall–Kier alpha value is -0.320. The molecule has 5 heteroatoms. The second kappa shape index (κ2) is 5.35. The Bertz CT molecular complexity index is 148. The molecule has 2 unspecified atom stereocenters. The number of aliphatic carboxylic acids is 1.